The van der Waals surface area contributed by atoms with Crippen molar-refractivity contribution >= 4 is 38.0 Å². The van der Waals surface area contributed by atoms with Crippen LogP contribution in [0, 0.1) is 0 Å². The maximum atomic E-state index is 13.1. The van der Waals surface area contributed by atoms with Crippen molar-refractivity contribution in [3.8, 4) is 11.6 Å². The zero-order valence-corrected chi connectivity index (χ0v) is 19.6. The fraction of sp³-hybridized carbons (Fsp3) is 0. The first-order valence-electron chi connectivity index (χ1n) is 10.9. The number of aromatic nitrogens is 2. The molecule has 0 saturated heterocycles. The topological polar surface area (TPSA) is 110 Å². The number of para-hydroxylation sites is 1. The second kappa shape index (κ2) is 9.85. The number of benzene rings is 3. The summed E-state index contributed by atoms with van der Waals surface area (Å²) in [5.41, 5.74) is 0.620. The average molecular weight is 497 g/mol. The molecule has 0 aliphatic heterocycles. The number of fused-ring (bicyclic) bond motifs is 1. The first kappa shape index (κ1) is 23.0. The van der Waals surface area contributed by atoms with Gasteiger partial charge in [0.2, 0.25) is 15.7 Å². The second-order valence-electron chi connectivity index (χ2n) is 7.73. The van der Waals surface area contributed by atoms with E-state index in [2.05, 4.69) is 20.6 Å². The third kappa shape index (κ3) is 4.86. The van der Waals surface area contributed by atoms with E-state index in [0.717, 1.165) is 10.8 Å². The monoisotopic (exact) mass is 496 g/mol. The van der Waals surface area contributed by atoms with E-state index in [4.69, 9.17) is 4.74 Å². The number of anilines is 2. The van der Waals surface area contributed by atoms with Crippen molar-refractivity contribution in [2.75, 3.05) is 10.6 Å². The number of nitrogens with one attached hydrogen (secondary N) is 2. The first-order valence-corrected chi connectivity index (χ1v) is 12.4. The van der Waals surface area contributed by atoms with E-state index >= 15 is 0 Å². The Morgan fingerprint density at radius 3 is 2.47 bits per heavy atom. The van der Waals surface area contributed by atoms with Gasteiger partial charge in [-0.15, -0.1) is 0 Å². The number of rotatable bonds is 6. The highest BCUT2D eigenvalue weighted by Gasteiger charge is 2.21. The smallest absolute Gasteiger partial charge is 0.323 e. The van der Waals surface area contributed by atoms with Crippen LogP contribution in [0.5, 0.6) is 11.6 Å². The number of ether oxygens (including phenoxy) is 1. The summed E-state index contributed by atoms with van der Waals surface area (Å²) in [4.78, 5) is 21.3. The molecule has 178 valence electrons. The Labute approximate surface area is 207 Å². The predicted octanol–water partition coefficient (Wildman–Crippen LogP) is 5.90. The van der Waals surface area contributed by atoms with Crippen molar-refractivity contribution in [1.29, 1.82) is 0 Å². The highest BCUT2D eigenvalue weighted by molar-refractivity contribution is 7.91. The molecule has 2 heterocycles. The summed E-state index contributed by atoms with van der Waals surface area (Å²) in [5.74, 6) is 0.883. The minimum Gasteiger partial charge on any atom is -0.438 e. The Balaban J connectivity index is 1.34. The summed E-state index contributed by atoms with van der Waals surface area (Å²) >= 11 is 0. The van der Waals surface area contributed by atoms with E-state index < -0.39 is 15.9 Å². The zero-order chi connectivity index (χ0) is 25.0. The molecule has 5 rings (SSSR count). The minimum absolute atomic E-state index is 0.0000427. The molecule has 0 atom stereocenters. The molecule has 0 unspecified atom stereocenters. The van der Waals surface area contributed by atoms with E-state index in [0.29, 0.717) is 17.3 Å². The van der Waals surface area contributed by atoms with Crippen molar-refractivity contribution in [3.05, 3.63) is 110 Å². The van der Waals surface area contributed by atoms with Crippen molar-refractivity contribution in [2.24, 2.45) is 0 Å². The maximum absolute atomic E-state index is 13.1. The van der Waals surface area contributed by atoms with Gasteiger partial charge < -0.3 is 15.4 Å². The summed E-state index contributed by atoms with van der Waals surface area (Å²) in [7, 11) is -3.82. The summed E-state index contributed by atoms with van der Waals surface area (Å²) in [6.07, 6.45) is 5.02. The third-order valence-corrected chi connectivity index (χ3v) is 7.14. The Morgan fingerprint density at radius 1 is 0.806 bits per heavy atom. The summed E-state index contributed by atoms with van der Waals surface area (Å²) in [6, 6.07) is 24.2. The van der Waals surface area contributed by atoms with E-state index in [1.807, 2.05) is 12.1 Å². The van der Waals surface area contributed by atoms with E-state index in [9.17, 15) is 13.2 Å². The quantitative estimate of drug-likeness (QED) is 0.303. The van der Waals surface area contributed by atoms with Crippen LogP contribution in [0.4, 0.5) is 16.2 Å². The highest BCUT2D eigenvalue weighted by Crippen LogP contribution is 2.30. The van der Waals surface area contributed by atoms with Crippen LogP contribution in [0.25, 0.3) is 10.8 Å². The zero-order valence-electron chi connectivity index (χ0n) is 18.8. The predicted molar refractivity (Wildman–Crippen MR) is 137 cm³/mol. The van der Waals surface area contributed by atoms with E-state index in [1.165, 1.54) is 24.3 Å². The van der Waals surface area contributed by atoms with Gasteiger partial charge in [-0.1, -0.05) is 36.4 Å². The molecule has 0 saturated carbocycles. The van der Waals surface area contributed by atoms with Crippen molar-refractivity contribution in [2.45, 2.75) is 9.79 Å². The second-order valence-corrected chi connectivity index (χ2v) is 9.65. The molecule has 0 aliphatic rings. The number of carbonyl (C=O) groups is 1. The molecule has 0 radical (unpaired) electrons. The molecule has 3 aromatic carbocycles. The van der Waals surface area contributed by atoms with Crippen LogP contribution in [0.2, 0.25) is 0 Å². The molecule has 2 N–H and O–H groups in total. The van der Waals surface area contributed by atoms with Crippen LogP contribution in [0.15, 0.2) is 119 Å². The molecule has 9 heteroatoms. The first-order chi connectivity index (χ1) is 17.5. The Morgan fingerprint density at radius 2 is 1.61 bits per heavy atom. The Hall–Kier alpha value is -4.76. The standard InChI is InChI=1S/C27H20N4O4S/c32-27(31-24-11-4-5-12-25(24)36(33,34)22-9-2-1-3-10-22)30-20-7-6-8-21(17-20)35-26-23-14-15-28-18-19(23)13-16-29-26/h1-18H,(H2,30,31,32). The highest BCUT2D eigenvalue weighted by atomic mass is 32.2. The van der Waals surface area contributed by atoms with Crippen molar-refractivity contribution in [3.63, 3.8) is 0 Å². The number of urea groups is 1. The van der Waals surface area contributed by atoms with Crippen molar-refractivity contribution in [1.82, 2.24) is 9.97 Å². The minimum atomic E-state index is -3.82. The number of hydrogen-bond donors (Lipinski definition) is 2. The summed E-state index contributed by atoms with van der Waals surface area (Å²) in [5, 5.41) is 7.05. The molecule has 0 spiro atoms. The van der Waals surface area contributed by atoms with Gasteiger partial charge >= 0.3 is 6.03 Å². The molecule has 2 aromatic heterocycles. The lowest BCUT2D eigenvalue weighted by Gasteiger charge is -2.13. The summed E-state index contributed by atoms with van der Waals surface area (Å²) in [6.45, 7) is 0. The van der Waals surface area contributed by atoms with Gasteiger partial charge in [0.05, 0.1) is 15.5 Å². The van der Waals surface area contributed by atoms with Crippen LogP contribution in [-0.2, 0) is 9.84 Å². The Kier molecular flexibility index (Phi) is 6.29. The van der Waals surface area contributed by atoms with E-state index in [1.54, 1.807) is 73.2 Å². The number of nitrogens with zero attached hydrogens (tertiary/aromatic N) is 2. The molecule has 5 aromatic rings. The van der Waals surface area contributed by atoms with Gasteiger partial charge in [-0.05, 0) is 48.5 Å². The number of amides is 2. The molecule has 36 heavy (non-hydrogen) atoms. The molecule has 0 aliphatic carbocycles. The van der Waals surface area contributed by atoms with Crippen LogP contribution in [0.1, 0.15) is 0 Å². The van der Waals surface area contributed by atoms with E-state index in [-0.39, 0.29) is 15.5 Å². The molecular weight excluding hydrogens is 476 g/mol. The van der Waals surface area contributed by atoms with Gasteiger partial charge in [0.15, 0.2) is 0 Å². The van der Waals surface area contributed by atoms with Gasteiger partial charge in [0.1, 0.15) is 5.75 Å². The number of carbonyl (C=O) groups excluding carboxylic acids is 1. The largest absolute Gasteiger partial charge is 0.438 e. The molecule has 2 amide bonds. The van der Waals surface area contributed by atoms with Crippen LogP contribution >= 0.6 is 0 Å². The van der Waals surface area contributed by atoms with Gasteiger partial charge in [0, 0.05) is 41.1 Å². The number of pyridine rings is 2. The molecule has 0 bridgehead atoms. The molecule has 0 fully saturated rings. The lowest BCUT2D eigenvalue weighted by atomic mass is 10.2. The lowest BCUT2D eigenvalue weighted by molar-refractivity contribution is 0.262. The SMILES string of the molecule is O=C(Nc1cccc(Oc2nccc3cnccc23)c1)Nc1ccccc1S(=O)(=O)c1ccccc1. The fourth-order valence-corrected chi connectivity index (χ4v) is 5.07. The average Bonchev–Trinajstić information content (AvgIpc) is 2.90. The third-order valence-electron chi connectivity index (χ3n) is 5.31. The lowest BCUT2D eigenvalue weighted by Crippen LogP contribution is -2.21. The fourth-order valence-electron chi connectivity index (χ4n) is 3.63. The maximum Gasteiger partial charge on any atom is 0.323 e. The normalized spacial score (nSPS) is 11.1. The van der Waals surface area contributed by atoms with Gasteiger partial charge in [-0.25, -0.2) is 18.2 Å². The molecular formula is C27H20N4O4S. The number of hydrogen-bond acceptors (Lipinski definition) is 6. The summed E-state index contributed by atoms with van der Waals surface area (Å²) < 4.78 is 32.2. The molecule has 8 nitrogen and oxygen atoms in total. The number of sulfone groups is 1. The van der Waals surface area contributed by atoms with Gasteiger partial charge in [-0.2, -0.15) is 0 Å². The van der Waals surface area contributed by atoms with Gasteiger partial charge in [-0.3, -0.25) is 4.98 Å². The van der Waals surface area contributed by atoms with Crippen LogP contribution in [0.3, 0.4) is 0 Å². The van der Waals surface area contributed by atoms with Crippen LogP contribution < -0.4 is 15.4 Å². The van der Waals surface area contributed by atoms with Crippen molar-refractivity contribution < 1.29 is 17.9 Å². The van der Waals surface area contributed by atoms with Crippen LogP contribution in [-0.4, -0.2) is 24.4 Å². The Bertz CT molecular complexity index is 1650. The van der Waals surface area contributed by atoms with Gasteiger partial charge in [0.25, 0.3) is 0 Å².